The van der Waals surface area contributed by atoms with Crippen LogP contribution in [0.25, 0.3) is 11.0 Å². The number of aromatic nitrogens is 4. The number of hydrogen-bond donors (Lipinski definition) is 0. The second kappa shape index (κ2) is 13.5. The molecule has 222 valence electrons. The van der Waals surface area contributed by atoms with Gasteiger partial charge < -0.3 is 24.3 Å². The maximum atomic E-state index is 13.4. The quantitative estimate of drug-likeness (QED) is 0.372. The van der Waals surface area contributed by atoms with Crippen LogP contribution in [0, 0.1) is 0 Å². The van der Waals surface area contributed by atoms with Gasteiger partial charge in [-0.15, -0.1) is 0 Å². The first kappa shape index (κ1) is 29.1. The van der Waals surface area contributed by atoms with Gasteiger partial charge in [-0.3, -0.25) is 4.90 Å². The van der Waals surface area contributed by atoms with Crippen LogP contribution in [0.1, 0.15) is 32.3 Å². The molecule has 11 nitrogen and oxygen atoms in total. The third-order valence-electron chi connectivity index (χ3n) is 8.30. The monoisotopic (exact) mass is 563 g/mol. The van der Waals surface area contributed by atoms with Crippen LogP contribution < -0.4 is 9.64 Å². The van der Waals surface area contributed by atoms with Gasteiger partial charge in [-0.2, -0.15) is 5.10 Å². The highest BCUT2D eigenvalue weighted by molar-refractivity contribution is 5.87. The van der Waals surface area contributed by atoms with Gasteiger partial charge in [-0.1, -0.05) is 19.1 Å². The first-order chi connectivity index (χ1) is 20.0. The van der Waals surface area contributed by atoms with E-state index in [0.717, 1.165) is 86.8 Å². The molecular formula is C30H45N9O2. The fourth-order valence-electron chi connectivity index (χ4n) is 5.98. The van der Waals surface area contributed by atoms with Crippen LogP contribution in [0.15, 0.2) is 36.8 Å². The highest BCUT2D eigenvalue weighted by Crippen LogP contribution is 2.25. The molecule has 2 saturated heterocycles. The number of likely N-dealkylation sites (tertiary alicyclic amines) is 1. The highest BCUT2D eigenvalue weighted by atomic mass is 16.5. The zero-order valence-corrected chi connectivity index (χ0v) is 25.1. The van der Waals surface area contributed by atoms with Crippen molar-refractivity contribution in [3.8, 4) is 5.75 Å². The Hall–Kier alpha value is -3.44. The topological polar surface area (TPSA) is 86.1 Å². The Morgan fingerprint density at radius 2 is 1.76 bits per heavy atom. The first-order valence-electron chi connectivity index (χ1n) is 15.0. The number of anilines is 1. The Kier molecular flexibility index (Phi) is 9.56. The van der Waals surface area contributed by atoms with Gasteiger partial charge in [0.1, 0.15) is 17.9 Å². The summed E-state index contributed by atoms with van der Waals surface area (Å²) < 4.78 is 7.57. The van der Waals surface area contributed by atoms with Crippen LogP contribution in [-0.4, -0.2) is 131 Å². The summed E-state index contributed by atoms with van der Waals surface area (Å²) in [5.41, 5.74) is 1.91. The van der Waals surface area contributed by atoms with Crippen LogP contribution in [0.2, 0.25) is 0 Å². The number of piperazine rings is 1. The molecule has 0 radical (unpaired) electrons. The number of likely N-dealkylation sites (N-methyl/N-ethyl adjacent to an activating group) is 2. The smallest absolute Gasteiger partial charge is 0.320 e. The second-order valence-electron chi connectivity index (χ2n) is 11.2. The molecule has 0 aliphatic carbocycles. The minimum absolute atomic E-state index is 0.175. The Labute approximate surface area is 243 Å². The summed E-state index contributed by atoms with van der Waals surface area (Å²) in [7, 11) is 4.25. The number of piperidine rings is 1. The Morgan fingerprint density at radius 1 is 1.00 bits per heavy atom. The molecule has 2 amide bonds. The Bertz CT molecular complexity index is 1280. The SMILES string of the molecule is CCOc1cccc(Cn2ncc3c(N4CCN(C(=O)N5CCC(N(CC)CCN(C)C)CC5)CC4)ncnc32)c1. The number of amides is 2. The molecule has 1 aromatic carbocycles. The van der Waals surface area contributed by atoms with Crippen molar-refractivity contribution < 1.29 is 9.53 Å². The van der Waals surface area contributed by atoms with E-state index in [0.29, 0.717) is 32.3 Å². The van der Waals surface area contributed by atoms with E-state index >= 15 is 0 Å². The second-order valence-corrected chi connectivity index (χ2v) is 11.2. The largest absolute Gasteiger partial charge is 0.494 e. The van der Waals surface area contributed by atoms with Crippen molar-refractivity contribution in [2.75, 3.05) is 84.5 Å². The van der Waals surface area contributed by atoms with Crippen molar-refractivity contribution >= 4 is 22.9 Å². The summed E-state index contributed by atoms with van der Waals surface area (Å²) in [6.45, 7) is 13.2. The molecule has 2 fully saturated rings. The van der Waals surface area contributed by atoms with Crippen molar-refractivity contribution in [1.29, 1.82) is 0 Å². The van der Waals surface area contributed by atoms with Gasteiger partial charge in [0.15, 0.2) is 5.65 Å². The van der Waals surface area contributed by atoms with Gasteiger partial charge in [-0.05, 0) is 58.1 Å². The van der Waals surface area contributed by atoms with Crippen LogP contribution in [-0.2, 0) is 6.54 Å². The van der Waals surface area contributed by atoms with Crippen LogP contribution in [0.3, 0.4) is 0 Å². The number of benzene rings is 1. The minimum Gasteiger partial charge on any atom is -0.494 e. The molecule has 3 aromatic rings. The van der Waals surface area contributed by atoms with Crippen LogP contribution in [0.4, 0.5) is 10.6 Å². The maximum absolute atomic E-state index is 13.4. The number of ether oxygens (including phenoxy) is 1. The minimum atomic E-state index is 0.175. The fraction of sp³-hybridized carbons (Fsp3) is 0.600. The number of carbonyl (C=O) groups excluding carboxylic acids is 1. The highest BCUT2D eigenvalue weighted by Gasteiger charge is 2.31. The normalized spacial score (nSPS) is 16.8. The predicted molar refractivity (Wildman–Crippen MR) is 162 cm³/mol. The number of rotatable bonds is 10. The molecule has 4 heterocycles. The summed E-state index contributed by atoms with van der Waals surface area (Å²) in [5.74, 6) is 1.74. The predicted octanol–water partition coefficient (Wildman–Crippen LogP) is 2.86. The number of nitrogens with zero attached hydrogens (tertiary/aromatic N) is 9. The molecule has 0 bridgehead atoms. The molecule has 0 spiro atoms. The van der Waals surface area contributed by atoms with E-state index in [1.807, 2.05) is 40.9 Å². The average Bonchev–Trinajstić information content (AvgIpc) is 3.40. The number of fused-ring (bicyclic) bond motifs is 1. The summed E-state index contributed by atoms with van der Waals surface area (Å²) in [4.78, 5) is 33.7. The van der Waals surface area contributed by atoms with E-state index in [-0.39, 0.29) is 6.03 Å². The molecule has 0 N–H and O–H groups in total. The summed E-state index contributed by atoms with van der Waals surface area (Å²) in [5, 5.41) is 5.58. The average molecular weight is 564 g/mol. The first-order valence-corrected chi connectivity index (χ1v) is 15.0. The van der Waals surface area contributed by atoms with Crippen molar-refractivity contribution in [3.63, 3.8) is 0 Å². The zero-order valence-electron chi connectivity index (χ0n) is 25.1. The van der Waals surface area contributed by atoms with E-state index in [1.165, 1.54) is 0 Å². The number of urea groups is 1. The molecule has 0 saturated carbocycles. The molecule has 2 aromatic heterocycles. The van der Waals surface area contributed by atoms with E-state index in [4.69, 9.17) is 4.74 Å². The summed E-state index contributed by atoms with van der Waals surface area (Å²) >= 11 is 0. The molecule has 5 rings (SSSR count). The fourth-order valence-corrected chi connectivity index (χ4v) is 5.98. The molecule has 2 aliphatic heterocycles. The molecule has 41 heavy (non-hydrogen) atoms. The van der Waals surface area contributed by atoms with Crippen molar-refractivity contribution in [1.82, 2.24) is 39.3 Å². The van der Waals surface area contributed by atoms with E-state index in [1.54, 1.807) is 6.33 Å². The summed E-state index contributed by atoms with van der Waals surface area (Å²) in [6.07, 6.45) is 5.57. The molecule has 0 unspecified atom stereocenters. The lowest BCUT2D eigenvalue weighted by atomic mass is 10.0. The molecule has 2 aliphatic rings. The van der Waals surface area contributed by atoms with E-state index in [9.17, 15) is 4.79 Å². The Balaban J connectivity index is 1.16. The maximum Gasteiger partial charge on any atom is 0.320 e. The molecule has 0 atom stereocenters. The van der Waals surface area contributed by atoms with Gasteiger partial charge in [0.2, 0.25) is 0 Å². The number of hydrogen-bond acceptors (Lipinski definition) is 8. The standard InChI is InChI=1S/C30H45N9O2/c1-5-35(15-14-34(3)4)25-10-12-37(13-11-25)30(40)38-18-16-36(17-19-38)28-27-21-33-39(29(27)32-23-31-28)22-24-8-7-9-26(20-24)41-6-2/h7-9,20-21,23,25H,5-6,10-19,22H2,1-4H3. The van der Waals surface area contributed by atoms with Crippen molar-refractivity contribution in [3.05, 3.63) is 42.4 Å². The summed E-state index contributed by atoms with van der Waals surface area (Å²) in [6, 6.07) is 8.82. The van der Waals surface area contributed by atoms with Gasteiger partial charge in [0.05, 0.1) is 24.7 Å². The third-order valence-corrected chi connectivity index (χ3v) is 8.30. The lowest BCUT2D eigenvalue weighted by molar-refractivity contribution is 0.0980. The van der Waals surface area contributed by atoms with Crippen LogP contribution in [0.5, 0.6) is 5.75 Å². The zero-order chi connectivity index (χ0) is 28.8. The lowest BCUT2D eigenvalue weighted by Gasteiger charge is -2.42. The molecule has 11 heteroatoms. The number of carbonyl (C=O) groups is 1. The van der Waals surface area contributed by atoms with Gasteiger partial charge in [-0.25, -0.2) is 19.4 Å². The van der Waals surface area contributed by atoms with E-state index in [2.05, 4.69) is 61.8 Å². The van der Waals surface area contributed by atoms with Gasteiger partial charge in [0.25, 0.3) is 0 Å². The van der Waals surface area contributed by atoms with Gasteiger partial charge >= 0.3 is 6.03 Å². The Morgan fingerprint density at radius 3 is 2.46 bits per heavy atom. The lowest BCUT2D eigenvalue weighted by Crippen LogP contribution is -2.55. The van der Waals surface area contributed by atoms with Crippen molar-refractivity contribution in [2.24, 2.45) is 0 Å². The third kappa shape index (κ3) is 6.90. The van der Waals surface area contributed by atoms with Gasteiger partial charge in [0, 0.05) is 58.4 Å². The molecular weight excluding hydrogens is 518 g/mol. The van der Waals surface area contributed by atoms with Crippen LogP contribution >= 0.6 is 0 Å². The van der Waals surface area contributed by atoms with E-state index < -0.39 is 0 Å². The van der Waals surface area contributed by atoms with Crippen molar-refractivity contribution in [2.45, 2.75) is 39.3 Å².